The third kappa shape index (κ3) is 2.91. The molecule has 0 radical (unpaired) electrons. The van der Waals surface area contributed by atoms with Crippen LogP contribution < -0.4 is 10.1 Å². The summed E-state index contributed by atoms with van der Waals surface area (Å²) in [6.07, 6.45) is 2.50. The maximum absolute atomic E-state index is 12.0. The number of H-pyrrole nitrogens is 1. The van der Waals surface area contributed by atoms with E-state index in [9.17, 15) is 4.79 Å². The SMILES string of the molecule is COc1ccc(Br)cc1-c1nccc(-c2cc3c([nH]2)CCNC3=O)n1. The van der Waals surface area contributed by atoms with Gasteiger partial charge in [0.25, 0.3) is 5.91 Å². The monoisotopic (exact) mass is 398 g/mol. The number of nitrogens with zero attached hydrogens (tertiary/aromatic N) is 2. The van der Waals surface area contributed by atoms with Crippen LogP contribution in [-0.2, 0) is 6.42 Å². The van der Waals surface area contributed by atoms with Gasteiger partial charge in [-0.05, 0) is 30.3 Å². The van der Waals surface area contributed by atoms with E-state index in [1.807, 2.05) is 30.3 Å². The molecule has 2 aromatic heterocycles. The van der Waals surface area contributed by atoms with Crippen molar-refractivity contribution >= 4 is 21.8 Å². The Morgan fingerprint density at radius 1 is 1.20 bits per heavy atom. The van der Waals surface area contributed by atoms with Crippen LogP contribution in [0.25, 0.3) is 22.8 Å². The normalized spacial score (nSPS) is 13.3. The predicted octanol–water partition coefficient (Wildman–Crippen LogP) is 3.20. The first-order chi connectivity index (χ1) is 12.2. The van der Waals surface area contributed by atoms with Gasteiger partial charge in [0.1, 0.15) is 5.75 Å². The number of benzene rings is 1. The van der Waals surface area contributed by atoms with Gasteiger partial charge in [0.05, 0.1) is 29.6 Å². The van der Waals surface area contributed by atoms with Crippen molar-refractivity contribution in [2.75, 3.05) is 13.7 Å². The zero-order valence-electron chi connectivity index (χ0n) is 13.5. The number of fused-ring (bicyclic) bond motifs is 1. The second-order valence-electron chi connectivity index (χ2n) is 5.69. The molecule has 3 heterocycles. The van der Waals surface area contributed by atoms with Gasteiger partial charge in [-0.15, -0.1) is 0 Å². The van der Waals surface area contributed by atoms with E-state index in [-0.39, 0.29) is 5.91 Å². The number of carbonyl (C=O) groups is 1. The largest absolute Gasteiger partial charge is 0.496 e. The van der Waals surface area contributed by atoms with Crippen LogP contribution in [0.2, 0.25) is 0 Å². The van der Waals surface area contributed by atoms with E-state index in [2.05, 4.69) is 36.2 Å². The molecule has 1 aliphatic rings. The molecule has 6 nitrogen and oxygen atoms in total. The molecule has 126 valence electrons. The Morgan fingerprint density at radius 3 is 2.88 bits per heavy atom. The Bertz CT molecular complexity index is 967. The Balaban J connectivity index is 1.78. The van der Waals surface area contributed by atoms with E-state index >= 15 is 0 Å². The molecule has 3 aromatic rings. The fourth-order valence-electron chi connectivity index (χ4n) is 2.92. The van der Waals surface area contributed by atoms with Crippen LogP contribution in [0.1, 0.15) is 16.1 Å². The minimum absolute atomic E-state index is 0.0494. The van der Waals surface area contributed by atoms with Crippen molar-refractivity contribution in [1.29, 1.82) is 0 Å². The van der Waals surface area contributed by atoms with Crippen LogP contribution in [0.15, 0.2) is 41.0 Å². The molecule has 2 N–H and O–H groups in total. The highest BCUT2D eigenvalue weighted by Gasteiger charge is 2.20. The van der Waals surface area contributed by atoms with Crippen molar-refractivity contribution in [2.24, 2.45) is 0 Å². The van der Waals surface area contributed by atoms with Gasteiger partial charge in [0.15, 0.2) is 5.82 Å². The number of hydrogen-bond donors (Lipinski definition) is 2. The number of hydrogen-bond acceptors (Lipinski definition) is 4. The molecule has 7 heteroatoms. The van der Waals surface area contributed by atoms with Crippen LogP contribution in [0.4, 0.5) is 0 Å². The molecular formula is C18H15BrN4O2. The van der Waals surface area contributed by atoms with Crippen LogP contribution in [0.5, 0.6) is 5.75 Å². The second-order valence-corrected chi connectivity index (χ2v) is 6.61. The van der Waals surface area contributed by atoms with Crippen LogP contribution in [-0.4, -0.2) is 34.5 Å². The molecule has 1 aromatic carbocycles. The van der Waals surface area contributed by atoms with Gasteiger partial charge in [-0.2, -0.15) is 0 Å². The van der Waals surface area contributed by atoms with Gasteiger partial charge in [-0.3, -0.25) is 4.79 Å². The minimum atomic E-state index is -0.0494. The van der Waals surface area contributed by atoms with E-state index in [4.69, 9.17) is 4.74 Å². The highest BCUT2D eigenvalue weighted by atomic mass is 79.9. The summed E-state index contributed by atoms with van der Waals surface area (Å²) in [5.74, 6) is 1.21. The van der Waals surface area contributed by atoms with E-state index in [1.54, 1.807) is 13.3 Å². The van der Waals surface area contributed by atoms with E-state index in [1.165, 1.54) is 0 Å². The fourth-order valence-corrected chi connectivity index (χ4v) is 3.29. The fraction of sp³-hybridized carbons (Fsp3) is 0.167. The number of aromatic amines is 1. The van der Waals surface area contributed by atoms with Gasteiger partial charge in [0, 0.05) is 29.3 Å². The number of amides is 1. The van der Waals surface area contributed by atoms with Gasteiger partial charge in [-0.25, -0.2) is 9.97 Å². The lowest BCUT2D eigenvalue weighted by atomic mass is 10.1. The molecule has 1 aliphatic heterocycles. The zero-order chi connectivity index (χ0) is 17.4. The summed E-state index contributed by atoms with van der Waals surface area (Å²) in [7, 11) is 1.62. The minimum Gasteiger partial charge on any atom is -0.496 e. The number of rotatable bonds is 3. The lowest BCUT2D eigenvalue weighted by Gasteiger charge is -2.11. The third-order valence-electron chi connectivity index (χ3n) is 4.14. The van der Waals surface area contributed by atoms with Gasteiger partial charge in [0.2, 0.25) is 0 Å². The number of nitrogens with one attached hydrogen (secondary N) is 2. The second kappa shape index (κ2) is 6.33. The van der Waals surface area contributed by atoms with Gasteiger partial charge >= 0.3 is 0 Å². The van der Waals surface area contributed by atoms with Crippen molar-refractivity contribution in [3.05, 3.63) is 52.3 Å². The predicted molar refractivity (Wildman–Crippen MR) is 97.5 cm³/mol. The molecular weight excluding hydrogens is 384 g/mol. The molecule has 0 atom stereocenters. The highest BCUT2D eigenvalue weighted by molar-refractivity contribution is 9.10. The van der Waals surface area contributed by atoms with Gasteiger partial charge in [-0.1, -0.05) is 15.9 Å². The summed E-state index contributed by atoms with van der Waals surface area (Å²) in [6.45, 7) is 0.649. The van der Waals surface area contributed by atoms with Crippen LogP contribution >= 0.6 is 15.9 Å². The molecule has 0 aliphatic carbocycles. The maximum atomic E-state index is 12.0. The van der Waals surface area contributed by atoms with E-state index < -0.39 is 0 Å². The van der Waals surface area contributed by atoms with Crippen molar-refractivity contribution in [1.82, 2.24) is 20.3 Å². The summed E-state index contributed by atoms with van der Waals surface area (Å²) in [5, 5.41) is 2.85. The summed E-state index contributed by atoms with van der Waals surface area (Å²) in [4.78, 5) is 24.3. The average molecular weight is 399 g/mol. The Morgan fingerprint density at radius 2 is 2.08 bits per heavy atom. The zero-order valence-corrected chi connectivity index (χ0v) is 15.1. The first-order valence-corrected chi connectivity index (χ1v) is 8.62. The Hall–Kier alpha value is -2.67. The molecule has 1 amide bonds. The molecule has 0 saturated carbocycles. The molecule has 0 spiro atoms. The van der Waals surface area contributed by atoms with Crippen molar-refractivity contribution in [3.63, 3.8) is 0 Å². The van der Waals surface area contributed by atoms with E-state index in [0.717, 1.165) is 33.5 Å². The summed E-state index contributed by atoms with van der Waals surface area (Å²) < 4.78 is 6.34. The third-order valence-corrected chi connectivity index (χ3v) is 4.63. The van der Waals surface area contributed by atoms with Crippen molar-refractivity contribution < 1.29 is 9.53 Å². The van der Waals surface area contributed by atoms with Gasteiger partial charge < -0.3 is 15.0 Å². The van der Waals surface area contributed by atoms with Crippen molar-refractivity contribution in [2.45, 2.75) is 6.42 Å². The summed E-state index contributed by atoms with van der Waals surface area (Å²) in [6, 6.07) is 9.36. The van der Waals surface area contributed by atoms with Crippen LogP contribution in [0.3, 0.4) is 0 Å². The first-order valence-electron chi connectivity index (χ1n) is 7.83. The number of ether oxygens (including phenoxy) is 1. The van der Waals surface area contributed by atoms with Crippen molar-refractivity contribution in [3.8, 4) is 28.5 Å². The smallest absolute Gasteiger partial charge is 0.253 e. The Labute approximate surface area is 152 Å². The highest BCUT2D eigenvalue weighted by Crippen LogP contribution is 2.31. The topological polar surface area (TPSA) is 79.9 Å². The summed E-state index contributed by atoms with van der Waals surface area (Å²) >= 11 is 3.47. The molecule has 0 saturated heterocycles. The Kier molecular flexibility index (Phi) is 4.01. The lowest BCUT2D eigenvalue weighted by molar-refractivity contribution is 0.0946. The van der Waals surface area contributed by atoms with E-state index in [0.29, 0.717) is 23.7 Å². The quantitative estimate of drug-likeness (QED) is 0.709. The molecule has 0 unspecified atom stereocenters. The molecule has 0 fully saturated rings. The number of carbonyl (C=O) groups excluding carboxylic acids is 1. The number of halogens is 1. The molecule has 4 rings (SSSR count). The molecule has 0 bridgehead atoms. The molecule has 25 heavy (non-hydrogen) atoms. The first kappa shape index (κ1) is 15.8. The average Bonchev–Trinajstić information content (AvgIpc) is 3.08. The standard InChI is InChI=1S/C18H15BrN4O2/c1-25-16-3-2-10(19)8-12(16)17-20-6-5-14(23-17)15-9-11-13(22-15)4-7-21-18(11)24/h2-3,5-6,8-9,22H,4,7H2,1H3,(H,21,24). The lowest BCUT2D eigenvalue weighted by Crippen LogP contribution is -2.31. The van der Waals surface area contributed by atoms with Crippen LogP contribution in [0, 0.1) is 0 Å². The maximum Gasteiger partial charge on any atom is 0.253 e. The number of methoxy groups -OCH3 is 1. The number of aromatic nitrogens is 3. The summed E-state index contributed by atoms with van der Waals surface area (Å²) in [5.41, 5.74) is 3.96.